The minimum Gasteiger partial charge on any atom is -0.472 e. The Labute approximate surface area is 119 Å². The van der Waals surface area contributed by atoms with Gasteiger partial charge in [0.25, 0.3) is 0 Å². The summed E-state index contributed by atoms with van der Waals surface area (Å²) in [4.78, 5) is 4.37. The molecule has 1 aromatic carbocycles. The van der Waals surface area contributed by atoms with Gasteiger partial charge in [-0.25, -0.2) is 9.37 Å². The van der Waals surface area contributed by atoms with Crippen LogP contribution in [0.5, 0.6) is 0 Å². The van der Waals surface area contributed by atoms with Crippen molar-refractivity contribution in [3.8, 4) is 11.3 Å². The van der Waals surface area contributed by atoms with E-state index in [2.05, 4.69) is 10.3 Å². The first-order valence-corrected chi connectivity index (χ1v) is 6.20. The lowest BCUT2D eigenvalue weighted by Gasteiger charge is -2.02. The van der Waals surface area contributed by atoms with E-state index in [0.29, 0.717) is 10.8 Å². The van der Waals surface area contributed by atoms with Crippen LogP contribution in [0.2, 0.25) is 0 Å². The van der Waals surface area contributed by atoms with Crippen molar-refractivity contribution >= 4 is 34.6 Å². The standard InChI is InChI=1S/C13H9FN2OS.ClH/c14-10-3-1-2-4-11(10)15-13-16-12(8-18-13)9-5-6-17-7-9;/h1-8H,(H,15,16);1H. The average Bonchev–Trinajstić information content (AvgIpc) is 3.02. The summed E-state index contributed by atoms with van der Waals surface area (Å²) in [7, 11) is 0. The first-order chi connectivity index (χ1) is 8.83. The van der Waals surface area contributed by atoms with Crippen molar-refractivity contribution in [2.24, 2.45) is 0 Å². The van der Waals surface area contributed by atoms with Crippen molar-refractivity contribution in [1.82, 2.24) is 4.98 Å². The molecule has 0 saturated heterocycles. The van der Waals surface area contributed by atoms with Gasteiger partial charge < -0.3 is 9.73 Å². The summed E-state index contributed by atoms with van der Waals surface area (Å²) >= 11 is 1.42. The Balaban J connectivity index is 0.00000133. The molecule has 0 aliphatic heterocycles. The molecule has 1 N–H and O–H groups in total. The molecule has 0 saturated carbocycles. The zero-order valence-electron chi connectivity index (χ0n) is 9.67. The van der Waals surface area contributed by atoms with Crippen molar-refractivity contribution < 1.29 is 8.81 Å². The molecule has 0 radical (unpaired) electrons. The lowest BCUT2D eigenvalue weighted by molar-refractivity contribution is 0.568. The first kappa shape index (κ1) is 13.6. The molecule has 0 bridgehead atoms. The fourth-order valence-electron chi connectivity index (χ4n) is 1.55. The molecule has 3 nitrogen and oxygen atoms in total. The number of thiazole rings is 1. The highest BCUT2D eigenvalue weighted by molar-refractivity contribution is 7.14. The van der Waals surface area contributed by atoms with Gasteiger partial charge in [0.15, 0.2) is 5.13 Å². The number of nitrogens with one attached hydrogen (secondary N) is 1. The molecule has 3 rings (SSSR count). The summed E-state index contributed by atoms with van der Waals surface area (Å²) < 4.78 is 18.5. The van der Waals surface area contributed by atoms with Crippen molar-refractivity contribution in [1.29, 1.82) is 0 Å². The molecule has 0 aliphatic carbocycles. The molecular formula is C13H10ClFN2OS. The monoisotopic (exact) mass is 296 g/mol. The normalized spacial score (nSPS) is 9.95. The minimum atomic E-state index is -0.294. The Hall–Kier alpha value is -1.85. The first-order valence-electron chi connectivity index (χ1n) is 5.32. The second-order valence-corrected chi connectivity index (χ2v) is 4.51. The third-order valence-corrected chi connectivity index (χ3v) is 3.19. The molecule has 6 heteroatoms. The third-order valence-electron chi connectivity index (χ3n) is 2.44. The molecule has 0 atom stereocenters. The number of hydrogen-bond acceptors (Lipinski definition) is 4. The van der Waals surface area contributed by atoms with E-state index in [1.807, 2.05) is 11.4 Å². The number of rotatable bonds is 3. The topological polar surface area (TPSA) is 38.1 Å². The van der Waals surface area contributed by atoms with Gasteiger partial charge in [0.2, 0.25) is 0 Å². The zero-order chi connectivity index (χ0) is 12.4. The number of para-hydroxylation sites is 1. The van der Waals surface area contributed by atoms with Crippen LogP contribution in [0.1, 0.15) is 0 Å². The average molecular weight is 297 g/mol. The van der Waals surface area contributed by atoms with E-state index >= 15 is 0 Å². The summed E-state index contributed by atoms with van der Waals surface area (Å²) in [6, 6.07) is 8.35. The van der Waals surface area contributed by atoms with Gasteiger partial charge in [-0.05, 0) is 18.2 Å². The maximum absolute atomic E-state index is 13.5. The van der Waals surface area contributed by atoms with Gasteiger partial charge in [0, 0.05) is 10.9 Å². The summed E-state index contributed by atoms with van der Waals surface area (Å²) in [5.74, 6) is -0.294. The van der Waals surface area contributed by atoms with Crippen molar-refractivity contribution in [3.05, 3.63) is 54.1 Å². The van der Waals surface area contributed by atoms with E-state index in [1.54, 1.807) is 30.7 Å². The van der Waals surface area contributed by atoms with Crippen LogP contribution in [0, 0.1) is 5.82 Å². The minimum absolute atomic E-state index is 0. The number of halogens is 2. The van der Waals surface area contributed by atoms with Crippen molar-refractivity contribution in [2.45, 2.75) is 0 Å². The van der Waals surface area contributed by atoms with E-state index in [-0.39, 0.29) is 18.2 Å². The summed E-state index contributed by atoms with van der Waals surface area (Å²) in [5, 5.41) is 5.50. The molecule has 3 aromatic rings. The van der Waals surface area contributed by atoms with Crippen molar-refractivity contribution in [3.63, 3.8) is 0 Å². The van der Waals surface area contributed by atoms with E-state index < -0.39 is 0 Å². The van der Waals surface area contributed by atoms with Gasteiger partial charge >= 0.3 is 0 Å². The number of aromatic nitrogens is 1. The Morgan fingerprint density at radius 1 is 1.21 bits per heavy atom. The Bertz CT molecular complexity index is 654. The smallest absolute Gasteiger partial charge is 0.187 e. The molecule has 0 fully saturated rings. The quantitative estimate of drug-likeness (QED) is 0.761. The van der Waals surface area contributed by atoms with Gasteiger partial charge in [-0.2, -0.15) is 0 Å². The highest BCUT2D eigenvalue weighted by atomic mass is 35.5. The zero-order valence-corrected chi connectivity index (χ0v) is 11.3. The van der Waals surface area contributed by atoms with Crippen LogP contribution in [0.4, 0.5) is 15.2 Å². The summed E-state index contributed by atoms with van der Waals surface area (Å²) in [6.07, 6.45) is 3.22. The van der Waals surface area contributed by atoms with E-state index in [9.17, 15) is 4.39 Å². The molecule has 19 heavy (non-hydrogen) atoms. The fraction of sp³-hybridized carbons (Fsp3) is 0. The van der Waals surface area contributed by atoms with Gasteiger partial charge in [-0.15, -0.1) is 23.7 Å². The highest BCUT2D eigenvalue weighted by Crippen LogP contribution is 2.27. The predicted molar refractivity (Wildman–Crippen MR) is 76.7 cm³/mol. The second-order valence-electron chi connectivity index (χ2n) is 3.65. The molecule has 0 amide bonds. The lowest BCUT2D eigenvalue weighted by Crippen LogP contribution is -1.92. The van der Waals surface area contributed by atoms with E-state index in [0.717, 1.165) is 11.3 Å². The van der Waals surface area contributed by atoms with Crippen LogP contribution in [0.25, 0.3) is 11.3 Å². The molecule has 2 heterocycles. The van der Waals surface area contributed by atoms with Crippen LogP contribution in [0.15, 0.2) is 52.7 Å². The fourth-order valence-corrected chi connectivity index (χ4v) is 2.28. The summed E-state index contributed by atoms with van der Waals surface area (Å²) in [5.41, 5.74) is 2.14. The lowest BCUT2D eigenvalue weighted by atomic mass is 10.3. The van der Waals surface area contributed by atoms with Crippen LogP contribution in [-0.2, 0) is 0 Å². The third kappa shape index (κ3) is 2.94. The van der Waals surface area contributed by atoms with Gasteiger partial charge in [-0.3, -0.25) is 0 Å². The molecule has 2 aromatic heterocycles. The Kier molecular flexibility index (Phi) is 4.19. The van der Waals surface area contributed by atoms with Gasteiger partial charge in [0.05, 0.1) is 23.9 Å². The SMILES string of the molecule is Cl.Fc1ccccc1Nc1nc(-c2ccoc2)cs1. The number of anilines is 2. The van der Waals surface area contributed by atoms with E-state index in [1.165, 1.54) is 17.4 Å². The largest absolute Gasteiger partial charge is 0.472 e. The van der Waals surface area contributed by atoms with Crippen LogP contribution in [-0.4, -0.2) is 4.98 Å². The number of nitrogens with zero attached hydrogens (tertiary/aromatic N) is 1. The number of furan rings is 1. The maximum Gasteiger partial charge on any atom is 0.187 e. The van der Waals surface area contributed by atoms with Gasteiger partial charge in [-0.1, -0.05) is 12.1 Å². The van der Waals surface area contributed by atoms with Crippen molar-refractivity contribution in [2.75, 3.05) is 5.32 Å². The molecule has 0 spiro atoms. The van der Waals surface area contributed by atoms with Crippen LogP contribution in [0.3, 0.4) is 0 Å². The van der Waals surface area contributed by atoms with Crippen LogP contribution >= 0.6 is 23.7 Å². The molecule has 0 aliphatic rings. The molecule has 98 valence electrons. The molecular weight excluding hydrogens is 287 g/mol. The summed E-state index contributed by atoms with van der Waals surface area (Å²) in [6.45, 7) is 0. The van der Waals surface area contributed by atoms with Gasteiger partial charge in [0.1, 0.15) is 5.82 Å². The van der Waals surface area contributed by atoms with Crippen LogP contribution < -0.4 is 5.32 Å². The number of hydrogen-bond donors (Lipinski definition) is 1. The maximum atomic E-state index is 13.5. The second kappa shape index (κ2) is 5.86. The predicted octanol–water partition coefficient (Wildman–Crippen LogP) is 4.71. The van der Waals surface area contributed by atoms with E-state index in [4.69, 9.17) is 4.42 Å². The highest BCUT2D eigenvalue weighted by Gasteiger charge is 2.07. The Morgan fingerprint density at radius 3 is 2.79 bits per heavy atom. The molecule has 0 unspecified atom stereocenters. The Morgan fingerprint density at radius 2 is 2.05 bits per heavy atom. The number of benzene rings is 1.